The van der Waals surface area contributed by atoms with Crippen LogP contribution in [0.1, 0.15) is 6.42 Å². The fourth-order valence-corrected chi connectivity index (χ4v) is 2.47. The van der Waals surface area contributed by atoms with Gasteiger partial charge >= 0.3 is 0 Å². The van der Waals surface area contributed by atoms with Gasteiger partial charge in [0.15, 0.2) is 5.82 Å². The number of aromatic amines is 1. The highest BCUT2D eigenvalue weighted by atomic mass is 35.5. The Balaban J connectivity index is 2.12. The Labute approximate surface area is 138 Å². The quantitative estimate of drug-likeness (QED) is 0.674. The van der Waals surface area contributed by atoms with E-state index in [0.717, 1.165) is 16.8 Å². The lowest BCUT2D eigenvalue weighted by Gasteiger charge is -2.08. The van der Waals surface area contributed by atoms with Gasteiger partial charge in [-0.3, -0.25) is 5.10 Å². The van der Waals surface area contributed by atoms with Crippen LogP contribution in [0.4, 0.5) is 10.2 Å². The molecule has 0 atom stereocenters. The summed E-state index contributed by atoms with van der Waals surface area (Å²) in [4.78, 5) is 3.61. The number of nitrogens with zero attached hydrogens (tertiary/aromatic N) is 2. The molecule has 3 rings (SSSR count). The molecule has 0 spiro atoms. The largest absolute Gasteiger partial charge is 0.368 e. The van der Waals surface area contributed by atoms with Crippen LogP contribution in [0.15, 0.2) is 42.6 Å². The molecule has 3 aromatic rings. The third-order valence-electron chi connectivity index (χ3n) is 3.38. The van der Waals surface area contributed by atoms with Crippen molar-refractivity contribution >= 4 is 17.4 Å². The molecule has 1 radical (unpaired) electrons. The molecular weight excluding hydrogens is 315 g/mol. The number of hydrogen-bond acceptors (Lipinski definition) is 3. The third-order valence-corrected chi connectivity index (χ3v) is 3.64. The fourth-order valence-electron chi connectivity index (χ4n) is 2.34. The van der Waals surface area contributed by atoms with Crippen LogP contribution in [0.2, 0.25) is 5.02 Å². The van der Waals surface area contributed by atoms with E-state index in [9.17, 15) is 4.39 Å². The number of hydrogen-bond donors (Lipinski definition) is 2. The van der Waals surface area contributed by atoms with Gasteiger partial charge in [-0.05, 0) is 30.2 Å². The van der Waals surface area contributed by atoms with E-state index in [1.165, 1.54) is 12.3 Å². The first-order valence-corrected chi connectivity index (χ1v) is 7.56. The molecule has 23 heavy (non-hydrogen) atoms. The first kappa shape index (κ1) is 15.5. The minimum Gasteiger partial charge on any atom is -0.368 e. The second-order valence-electron chi connectivity index (χ2n) is 4.98. The Morgan fingerprint density at radius 1 is 1.17 bits per heavy atom. The van der Waals surface area contributed by atoms with Gasteiger partial charge in [0.2, 0.25) is 5.95 Å². The summed E-state index contributed by atoms with van der Waals surface area (Å²) in [5, 5.41) is 11.2. The number of aromatic nitrogens is 3. The van der Waals surface area contributed by atoms with Crippen LogP contribution in [0.3, 0.4) is 0 Å². The topological polar surface area (TPSA) is 53.6 Å². The van der Waals surface area contributed by atoms with E-state index in [2.05, 4.69) is 27.4 Å². The van der Waals surface area contributed by atoms with Crippen molar-refractivity contribution in [3.63, 3.8) is 0 Å². The summed E-state index contributed by atoms with van der Waals surface area (Å²) < 4.78 is 13.5. The number of rotatable bonds is 5. The Hall–Kier alpha value is -2.40. The van der Waals surface area contributed by atoms with Crippen molar-refractivity contribution in [2.24, 2.45) is 0 Å². The highest BCUT2D eigenvalue weighted by Gasteiger charge is 2.17. The summed E-state index contributed by atoms with van der Waals surface area (Å²) in [7, 11) is 0. The van der Waals surface area contributed by atoms with Crippen LogP contribution in [-0.4, -0.2) is 21.7 Å². The summed E-state index contributed by atoms with van der Waals surface area (Å²) in [6, 6.07) is 10.5. The maximum atomic E-state index is 13.5. The van der Waals surface area contributed by atoms with E-state index in [-0.39, 0.29) is 0 Å². The van der Waals surface area contributed by atoms with Crippen molar-refractivity contribution in [3.8, 4) is 22.4 Å². The zero-order chi connectivity index (χ0) is 16.2. The molecule has 2 heterocycles. The van der Waals surface area contributed by atoms with Gasteiger partial charge in [0.25, 0.3) is 0 Å². The van der Waals surface area contributed by atoms with E-state index in [0.29, 0.717) is 29.4 Å². The van der Waals surface area contributed by atoms with Gasteiger partial charge < -0.3 is 5.32 Å². The second kappa shape index (κ2) is 6.79. The zero-order valence-electron chi connectivity index (χ0n) is 12.3. The third kappa shape index (κ3) is 3.35. The van der Waals surface area contributed by atoms with Crippen molar-refractivity contribution in [1.29, 1.82) is 0 Å². The SMILES string of the molecule is [CH2]CCNc1n[nH]c(-c2ccc(Cl)cc2)c1-c1ccnc(F)c1. The molecule has 0 unspecified atom stereocenters. The molecule has 0 fully saturated rings. The zero-order valence-corrected chi connectivity index (χ0v) is 13.1. The summed E-state index contributed by atoms with van der Waals surface area (Å²) in [6.07, 6.45) is 2.15. The first-order valence-electron chi connectivity index (χ1n) is 7.18. The molecule has 0 saturated heterocycles. The van der Waals surface area contributed by atoms with E-state index in [4.69, 9.17) is 11.6 Å². The van der Waals surface area contributed by atoms with Gasteiger partial charge in [0.05, 0.1) is 11.3 Å². The number of pyridine rings is 1. The molecule has 4 nitrogen and oxygen atoms in total. The summed E-state index contributed by atoms with van der Waals surface area (Å²) in [6.45, 7) is 4.48. The first-order chi connectivity index (χ1) is 11.2. The van der Waals surface area contributed by atoms with Crippen molar-refractivity contribution < 1.29 is 4.39 Å². The molecule has 1 aromatic carbocycles. The van der Waals surface area contributed by atoms with Gasteiger partial charge in [0.1, 0.15) is 0 Å². The van der Waals surface area contributed by atoms with Gasteiger partial charge in [-0.25, -0.2) is 4.98 Å². The highest BCUT2D eigenvalue weighted by Crippen LogP contribution is 2.36. The maximum absolute atomic E-state index is 13.5. The number of nitrogens with one attached hydrogen (secondary N) is 2. The Bertz CT molecular complexity index is 799. The number of halogens is 2. The average molecular weight is 330 g/mol. The Morgan fingerprint density at radius 2 is 1.96 bits per heavy atom. The molecule has 0 aliphatic heterocycles. The van der Waals surface area contributed by atoms with Crippen LogP contribution in [-0.2, 0) is 0 Å². The Kier molecular flexibility index (Phi) is 4.57. The molecule has 117 valence electrons. The predicted octanol–water partition coefficient (Wildman–Crippen LogP) is 4.57. The molecule has 2 aromatic heterocycles. The molecule has 2 N–H and O–H groups in total. The van der Waals surface area contributed by atoms with Crippen LogP contribution < -0.4 is 5.32 Å². The second-order valence-corrected chi connectivity index (χ2v) is 5.41. The lowest BCUT2D eigenvalue weighted by Crippen LogP contribution is -2.01. The normalized spacial score (nSPS) is 10.7. The van der Waals surface area contributed by atoms with Crippen LogP contribution in [0.25, 0.3) is 22.4 Å². The Morgan fingerprint density at radius 3 is 2.65 bits per heavy atom. The summed E-state index contributed by atoms with van der Waals surface area (Å²) in [5.41, 5.74) is 3.19. The van der Waals surface area contributed by atoms with Gasteiger partial charge in [-0.1, -0.05) is 30.7 Å². The predicted molar refractivity (Wildman–Crippen MR) is 90.7 cm³/mol. The van der Waals surface area contributed by atoms with Crippen LogP contribution in [0, 0.1) is 12.9 Å². The lowest BCUT2D eigenvalue weighted by atomic mass is 10.0. The number of anilines is 1. The molecule has 0 aliphatic rings. The highest BCUT2D eigenvalue weighted by molar-refractivity contribution is 6.30. The molecule has 6 heteroatoms. The average Bonchev–Trinajstić information content (AvgIpc) is 2.97. The van der Waals surface area contributed by atoms with E-state index >= 15 is 0 Å². The van der Waals surface area contributed by atoms with Crippen LogP contribution in [0.5, 0.6) is 0 Å². The van der Waals surface area contributed by atoms with Gasteiger partial charge in [0, 0.05) is 29.4 Å². The standard InChI is InChI=1S/C17H15ClFN4/c1-2-8-21-17-15(12-7-9-20-14(19)10-12)16(22-23-17)11-3-5-13(18)6-4-11/h3-7,9-10H,1-2,8H2,(H2,21,22,23). The number of benzene rings is 1. The minimum absolute atomic E-state index is 0.533. The number of H-pyrrole nitrogens is 1. The van der Waals surface area contributed by atoms with E-state index in [1.807, 2.05) is 12.1 Å². The van der Waals surface area contributed by atoms with Crippen LogP contribution >= 0.6 is 11.6 Å². The van der Waals surface area contributed by atoms with E-state index in [1.54, 1.807) is 18.2 Å². The van der Waals surface area contributed by atoms with Gasteiger partial charge in [-0.15, -0.1) is 0 Å². The minimum atomic E-state index is -0.533. The molecular formula is C17H15ClFN4. The van der Waals surface area contributed by atoms with Crippen molar-refractivity contribution in [3.05, 3.63) is 60.5 Å². The monoisotopic (exact) mass is 329 g/mol. The maximum Gasteiger partial charge on any atom is 0.213 e. The molecule has 0 bridgehead atoms. The smallest absolute Gasteiger partial charge is 0.213 e. The molecule has 0 saturated carbocycles. The van der Waals surface area contributed by atoms with E-state index < -0.39 is 5.95 Å². The molecule has 0 amide bonds. The lowest BCUT2D eigenvalue weighted by molar-refractivity contribution is 0.584. The fraction of sp³-hybridized carbons (Fsp3) is 0.118. The van der Waals surface area contributed by atoms with Crippen molar-refractivity contribution in [1.82, 2.24) is 15.2 Å². The molecule has 0 aliphatic carbocycles. The summed E-state index contributed by atoms with van der Waals surface area (Å²) in [5.74, 6) is 0.123. The van der Waals surface area contributed by atoms with Crippen molar-refractivity contribution in [2.45, 2.75) is 6.42 Å². The summed E-state index contributed by atoms with van der Waals surface area (Å²) >= 11 is 5.95. The van der Waals surface area contributed by atoms with Gasteiger partial charge in [-0.2, -0.15) is 9.49 Å². The van der Waals surface area contributed by atoms with Crippen molar-refractivity contribution in [2.75, 3.05) is 11.9 Å².